The lowest BCUT2D eigenvalue weighted by atomic mass is 9.73. The van der Waals surface area contributed by atoms with Gasteiger partial charge in [0.15, 0.2) is 0 Å². The van der Waals surface area contributed by atoms with Gasteiger partial charge in [-0.25, -0.2) is 0 Å². The summed E-state index contributed by atoms with van der Waals surface area (Å²) in [5.41, 5.74) is 11.7. The Kier molecular flexibility index (Phi) is 5.92. The van der Waals surface area contributed by atoms with Crippen molar-refractivity contribution in [2.45, 2.75) is 56.8 Å². The van der Waals surface area contributed by atoms with Gasteiger partial charge in [0.05, 0.1) is 0 Å². The second kappa shape index (κ2) is 9.88. The summed E-state index contributed by atoms with van der Waals surface area (Å²) < 4.78 is 0. The molecule has 4 unspecified atom stereocenters. The Balaban J connectivity index is 1.13. The molecule has 1 N–H and O–H groups in total. The summed E-state index contributed by atoms with van der Waals surface area (Å²) in [5.74, 6) is 1.66. The first-order valence-corrected chi connectivity index (χ1v) is 16.6. The Morgan fingerprint density at radius 2 is 1.43 bits per heavy atom. The summed E-state index contributed by atoms with van der Waals surface area (Å²) in [6.45, 7) is 9.46. The standard InChI is InChI=1S/C43H38N3/c1-42(2)35-15-9-7-13-31(35)33-21-19-29(24-37(33)42)40-44-39(28-18-17-26-11-5-6-12-27(26)23-28)45-41(46-40)30-20-22-34-32-14-8-10-16-36(32)43(3,4)38(34)25-30/h5-25,33,37,40-41H,1-4H3,(H,44,45)/q-1. The van der Waals surface area contributed by atoms with Crippen LogP contribution in [0.2, 0.25) is 0 Å². The van der Waals surface area contributed by atoms with Crippen LogP contribution in [-0.4, -0.2) is 12.0 Å². The normalized spacial score (nSPS) is 24.7. The molecule has 226 valence electrons. The van der Waals surface area contributed by atoms with Crippen LogP contribution in [0.25, 0.3) is 27.2 Å². The first-order chi connectivity index (χ1) is 22.3. The van der Waals surface area contributed by atoms with E-state index < -0.39 is 0 Å². The summed E-state index contributed by atoms with van der Waals surface area (Å²) in [6.07, 6.45) is 6.69. The molecule has 0 aromatic heterocycles. The van der Waals surface area contributed by atoms with E-state index in [-0.39, 0.29) is 23.2 Å². The van der Waals surface area contributed by atoms with Gasteiger partial charge in [0.25, 0.3) is 0 Å². The zero-order valence-electron chi connectivity index (χ0n) is 26.8. The zero-order chi connectivity index (χ0) is 31.2. The third kappa shape index (κ3) is 4.04. The lowest BCUT2D eigenvalue weighted by Gasteiger charge is -2.46. The Labute approximate surface area is 271 Å². The molecule has 5 aromatic carbocycles. The van der Waals surface area contributed by atoms with E-state index in [1.54, 1.807) is 0 Å². The minimum atomic E-state index is -0.321. The largest absolute Gasteiger partial charge is 0.613 e. The van der Waals surface area contributed by atoms with Gasteiger partial charge in [-0.3, -0.25) is 4.99 Å². The highest BCUT2D eigenvalue weighted by Crippen LogP contribution is 2.54. The van der Waals surface area contributed by atoms with Crippen molar-refractivity contribution in [1.82, 2.24) is 5.32 Å². The first-order valence-electron chi connectivity index (χ1n) is 16.6. The number of hydrogen-bond donors (Lipinski definition) is 1. The molecule has 3 nitrogen and oxygen atoms in total. The molecule has 46 heavy (non-hydrogen) atoms. The van der Waals surface area contributed by atoms with Gasteiger partial charge in [-0.15, -0.1) is 0 Å². The van der Waals surface area contributed by atoms with Crippen molar-refractivity contribution >= 4 is 16.6 Å². The number of nitrogens with one attached hydrogen (secondary N) is 1. The predicted octanol–water partition coefficient (Wildman–Crippen LogP) is 10.1. The molecule has 4 aliphatic rings. The highest BCUT2D eigenvalue weighted by molar-refractivity contribution is 6.03. The molecule has 3 aliphatic carbocycles. The second-order valence-electron chi connectivity index (χ2n) is 14.5. The van der Waals surface area contributed by atoms with Gasteiger partial charge in [0, 0.05) is 16.9 Å². The molecule has 9 rings (SSSR count). The summed E-state index contributed by atoms with van der Waals surface area (Å²) in [6, 6.07) is 39.9. The molecule has 1 heterocycles. The van der Waals surface area contributed by atoms with Crippen molar-refractivity contribution in [3.63, 3.8) is 0 Å². The fourth-order valence-corrected chi connectivity index (χ4v) is 8.60. The van der Waals surface area contributed by atoms with Crippen LogP contribution in [0.3, 0.4) is 0 Å². The van der Waals surface area contributed by atoms with Crippen molar-refractivity contribution in [3.8, 4) is 11.1 Å². The van der Waals surface area contributed by atoms with Crippen molar-refractivity contribution < 1.29 is 0 Å². The van der Waals surface area contributed by atoms with Crippen LogP contribution >= 0.6 is 0 Å². The molecule has 0 spiro atoms. The van der Waals surface area contributed by atoms with Crippen molar-refractivity contribution in [1.29, 1.82) is 0 Å². The summed E-state index contributed by atoms with van der Waals surface area (Å²) >= 11 is 0. The quantitative estimate of drug-likeness (QED) is 0.221. The minimum absolute atomic E-state index is 0.0428. The number of hydrogen-bond acceptors (Lipinski definition) is 2. The number of benzene rings is 5. The first kappa shape index (κ1) is 27.6. The third-order valence-corrected chi connectivity index (χ3v) is 11.2. The number of rotatable bonds is 3. The molecule has 5 aromatic rings. The lowest BCUT2D eigenvalue weighted by molar-refractivity contribution is 0.390. The molecule has 4 atom stereocenters. The van der Waals surface area contributed by atoms with E-state index in [2.05, 4.69) is 160 Å². The van der Waals surface area contributed by atoms with Crippen LogP contribution in [0, 0.1) is 5.92 Å². The molecule has 0 radical (unpaired) electrons. The van der Waals surface area contributed by atoms with Gasteiger partial charge in [-0.1, -0.05) is 155 Å². The molecule has 1 aliphatic heterocycles. The smallest absolute Gasteiger partial charge is 0.126 e. The number of amidine groups is 1. The lowest BCUT2D eigenvalue weighted by Crippen LogP contribution is -2.41. The third-order valence-electron chi connectivity index (χ3n) is 11.2. The average Bonchev–Trinajstić information content (AvgIpc) is 3.47. The highest BCUT2D eigenvalue weighted by atomic mass is 15.3. The predicted molar refractivity (Wildman–Crippen MR) is 190 cm³/mol. The van der Waals surface area contributed by atoms with Crippen LogP contribution in [0.5, 0.6) is 0 Å². The second-order valence-corrected chi connectivity index (χ2v) is 14.5. The van der Waals surface area contributed by atoms with E-state index in [0.717, 1.165) is 17.0 Å². The Bertz CT molecular complexity index is 2150. The van der Waals surface area contributed by atoms with Crippen LogP contribution in [0.4, 0.5) is 0 Å². The van der Waals surface area contributed by atoms with Crippen molar-refractivity contribution in [2.24, 2.45) is 10.9 Å². The van der Waals surface area contributed by atoms with Gasteiger partial charge >= 0.3 is 0 Å². The van der Waals surface area contributed by atoms with Gasteiger partial charge in [0.2, 0.25) is 0 Å². The number of nitrogens with zero attached hydrogens (tertiary/aromatic N) is 2. The fourth-order valence-electron chi connectivity index (χ4n) is 8.60. The van der Waals surface area contributed by atoms with Gasteiger partial charge in [-0.05, 0) is 79.4 Å². The van der Waals surface area contributed by atoms with Crippen LogP contribution in [0.1, 0.15) is 73.2 Å². The summed E-state index contributed by atoms with van der Waals surface area (Å²) in [4.78, 5) is 5.31. The van der Waals surface area contributed by atoms with Gasteiger partial charge in [-0.2, -0.15) is 0 Å². The van der Waals surface area contributed by atoms with Crippen molar-refractivity contribution in [3.05, 3.63) is 172 Å². The van der Waals surface area contributed by atoms with Gasteiger partial charge in [0.1, 0.15) is 5.84 Å². The molecule has 3 heteroatoms. The Morgan fingerprint density at radius 3 is 2.30 bits per heavy atom. The van der Waals surface area contributed by atoms with Crippen LogP contribution in [0.15, 0.2) is 138 Å². The highest BCUT2D eigenvalue weighted by Gasteiger charge is 2.45. The average molecular weight is 597 g/mol. The number of allylic oxidation sites excluding steroid dienone is 2. The number of aliphatic imine (C=N–C) groups is 1. The Hall–Kier alpha value is -4.73. The SMILES string of the molecule is CC1(C)c2ccccc2-c2ccc(C3N=C(c4ccc5ccccc5c4)NC(C4=CC5C(C=C4)c4ccccc4C5(C)C)[N-]3)cc21. The van der Waals surface area contributed by atoms with E-state index >= 15 is 0 Å². The molecule has 0 amide bonds. The minimum Gasteiger partial charge on any atom is -0.613 e. The summed E-state index contributed by atoms with van der Waals surface area (Å²) in [7, 11) is 0. The fraction of sp³-hybridized carbons (Fsp3) is 0.233. The monoisotopic (exact) mass is 596 g/mol. The topological polar surface area (TPSA) is 38.5 Å². The van der Waals surface area contributed by atoms with Crippen LogP contribution in [-0.2, 0) is 10.8 Å². The zero-order valence-corrected chi connectivity index (χ0v) is 26.8. The molecular formula is C43H38N3-. The maximum Gasteiger partial charge on any atom is 0.126 e. The molecule has 0 fully saturated rings. The van der Waals surface area contributed by atoms with E-state index in [1.807, 2.05) is 0 Å². The maximum atomic E-state index is 5.43. The van der Waals surface area contributed by atoms with E-state index in [4.69, 9.17) is 10.3 Å². The molecule has 0 saturated heterocycles. The van der Waals surface area contributed by atoms with Gasteiger partial charge < -0.3 is 10.6 Å². The van der Waals surface area contributed by atoms with E-state index in [0.29, 0.717) is 11.8 Å². The molecular weight excluding hydrogens is 558 g/mol. The molecule has 0 bridgehead atoms. The summed E-state index contributed by atoms with van der Waals surface area (Å²) in [5, 5.41) is 11.6. The Morgan fingerprint density at radius 1 is 0.696 bits per heavy atom. The molecule has 0 saturated carbocycles. The van der Waals surface area contributed by atoms with E-state index in [9.17, 15) is 0 Å². The van der Waals surface area contributed by atoms with Crippen LogP contribution < -0.4 is 5.32 Å². The number of fused-ring (bicyclic) bond motifs is 7. The maximum absolute atomic E-state index is 5.43. The van der Waals surface area contributed by atoms with E-state index in [1.165, 1.54) is 49.7 Å². The van der Waals surface area contributed by atoms with Crippen molar-refractivity contribution in [2.75, 3.05) is 0 Å².